The van der Waals surface area contributed by atoms with Crippen LogP contribution in [0, 0.1) is 18.8 Å². The van der Waals surface area contributed by atoms with Crippen LogP contribution >= 0.6 is 0 Å². The van der Waals surface area contributed by atoms with Gasteiger partial charge in [0.25, 0.3) is 0 Å². The van der Waals surface area contributed by atoms with Crippen LogP contribution in [0.1, 0.15) is 19.8 Å². The molecule has 1 rings (SSSR count). The van der Waals surface area contributed by atoms with Gasteiger partial charge in [0.05, 0.1) is 0 Å². The topological polar surface area (TPSA) is 29.5 Å². The third-order valence-corrected chi connectivity index (χ3v) is 1.60. The van der Waals surface area contributed by atoms with Crippen molar-refractivity contribution in [2.45, 2.75) is 19.8 Å². The maximum atomic E-state index is 7.00. The zero-order valence-corrected chi connectivity index (χ0v) is 7.42. The molecule has 0 aromatic carbocycles. The molecular weight excluding hydrogens is 140 g/mol. The molecule has 2 nitrogen and oxygen atoms in total. The van der Waals surface area contributed by atoms with E-state index in [9.17, 15) is 0 Å². The maximum absolute atomic E-state index is 7.00. The molecule has 0 aromatic rings. The summed E-state index contributed by atoms with van der Waals surface area (Å²) in [6, 6.07) is 0. The van der Waals surface area contributed by atoms with Crippen molar-refractivity contribution in [3.05, 3.63) is 0 Å². The minimum absolute atomic E-state index is 0.875. The molecule has 0 spiro atoms. The molecule has 0 radical (unpaired) electrons. The molecule has 0 bridgehead atoms. The van der Waals surface area contributed by atoms with E-state index in [1.54, 1.807) is 0 Å². The van der Waals surface area contributed by atoms with E-state index in [2.05, 4.69) is 19.8 Å². The number of rotatable bonds is 1. The summed E-state index contributed by atoms with van der Waals surface area (Å²) in [5.74, 6) is 0.875. The lowest BCUT2D eigenvalue weighted by atomic mass is 10.1. The molecule has 0 unspecified atom stereocenters. The third-order valence-electron chi connectivity index (χ3n) is 1.60. The van der Waals surface area contributed by atoms with Crippen molar-refractivity contribution in [2.24, 2.45) is 5.92 Å². The SMILES string of the molecule is C#C.CC[C@H]1CCOC1.CO. The van der Waals surface area contributed by atoms with Crippen molar-refractivity contribution in [3.8, 4) is 12.8 Å². The predicted molar refractivity (Wildman–Crippen MR) is 47.2 cm³/mol. The molecule has 66 valence electrons. The van der Waals surface area contributed by atoms with Gasteiger partial charge in [-0.3, -0.25) is 0 Å². The number of ether oxygens (including phenoxy) is 1. The molecular formula is C9H18O2. The van der Waals surface area contributed by atoms with E-state index in [1.165, 1.54) is 12.8 Å². The first-order valence-corrected chi connectivity index (χ1v) is 3.79. The van der Waals surface area contributed by atoms with Crippen LogP contribution in [-0.2, 0) is 4.74 Å². The Morgan fingerprint density at radius 2 is 2.00 bits per heavy atom. The van der Waals surface area contributed by atoms with Gasteiger partial charge in [0.1, 0.15) is 0 Å². The molecule has 1 atom stereocenters. The zero-order chi connectivity index (χ0) is 9.11. The van der Waals surface area contributed by atoms with Crippen LogP contribution < -0.4 is 0 Å². The van der Waals surface area contributed by atoms with Gasteiger partial charge in [-0.15, -0.1) is 12.8 Å². The van der Waals surface area contributed by atoms with Gasteiger partial charge in [-0.05, 0) is 12.3 Å². The van der Waals surface area contributed by atoms with Crippen LogP contribution in [0.25, 0.3) is 0 Å². The Balaban J connectivity index is 0. The van der Waals surface area contributed by atoms with Crippen LogP contribution in [0.2, 0.25) is 0 Å². The van der Waals surface area contributed by atoms with Gasteiger partial charge in [-0.2, -0.15) is 0 Å². The van der Waals surface area contributed by atoms with Crippen molar-refractivity contribution in [1.82, 2.24) is 0 Å². The normalized spacial score (nSPS) is 20.6. The van der Waals surface area contributed by atoms with Gasteiger partial charge in [0.15, 0.2) is 0 Å². The molecule has 1 aliphatic heterocycles. The van der Waals surface area contributed by atoms with Crippen LogP contribution in [0.5, 0.6) is 0 Å². The standard InChI is InChI=1S/C6H12O.C2H2.CH4O/c1-2-6-3-4-7-5-6;2*1-2/h6H,2-5H2,1H3;1-2H;2H,1H3/t6-;;/m0../s1. The molecule has 11 heavy (non-hydrogen) atoms. The first-order valence-electron chi connectivity index (χ1n) is 3.79. The molecule has 0 aromatic heterocycles. The molecule has 0 aliphatic carbocycles. The number of aliphatic hydroxyl groups excluding tert-OH is 1. The van der Waals surface area contributed by atoms with Gasteiger partial charge in [-0.1, -0.05) is 13.3 Å². The van der Waals surface area contributed by atoms with Gasteiger partial charge in [-0.25, -0.2) is 0 Å². The largest absolute Gasteiger partial charge is 0.400 e. The second-order valence-corrected chi connectivity index (χ2v) is 2.14. The highest BCUT2D eigenvalue weighted by Crippen LogP contribution is 2.14. The quantitative estimate of drug-likeness (QED) is 0.583. The van der Waals surface area contributed by atoms with E-state index in [0.717, 1.165) is 26.2 Å². The first kappa shape index (κ1) is 13.1. The monoisotopic (exact) mass is 158 g/mol. The van der Waals surface area contributed by atoms with E-state index in [0.29, 0.717) is 0 Å². The number of hydrogen-bond acceptors (Lipinski definition) is 2. The molecule has 0 amide bonds. The Morgan fingerprint density at radius 1 is 1.45 bits per heavy atom. The Labute approximate surface area is 69.6 Å². The fraction of sp³-hybridized carbons (Fsp3) is 0.778. The highest BCUT2D eigenvalue weighted by molar-refractivity contribution is 4.60. The second kappa shape index (κ2) is 12.2. The minimum atomic E-state index is 0.875. The maximum Gasteiger partial charge on any atom is 0.0495 e. The fourth-order valence-electron chi connectivity index (χ4n) is 0.905. The zero-order valence-electron chi connectivity index (χ0n) is 7.42. The van der Waals surface area contributed by atoms with Gasteiger partial charge in [0.2, 0.25) is 0 Å². The van der Waals surface area contributed by atoms with E-state index >= 15 is 0 Å². The van der Waals surface area contributed by atoms with Gasteiger partial charge >= 0.3 is 0 Å². The second-order valence-electron chi connectivity index (χ2n) is 2.14. The highest BCUT2D eigenvalue weighted by Gasteiger charge is 2.11. The fourth-order valence-corrected chi connectivity index (χ4v) is 0.905. The van der Waals surface area contributed by atoms with E-state index in [4.69, 9.17) is 9.84 Å². The smallest absolute Gasteiger partial charge is 0.0495 e. The predicted octanol–water partition coefficient (Wildman–Crippen LogP) is 1.29. The summed E-state index contributed by atoms with van der Waals surface area (Å²) < 4.78 is 5.15. The Morgan fingerprint density at radius 3 is 2.18 bits per heavy atom. The lowest BCUT2D eigenvalue weighted by Crippen LogP contribution is -1.94. The summed E-state index contributed by atoms with van der Waals surface area (Å²) in [4.78, 5) is 0. The van der Waals surface area contributed by atoms with Crippen molar-refractivity contribution in [2.75, 3.05) is 20.3 Å². The summed E-state index contributed by atoms with van der Waals surface area (Å²) in [6.07, 6.45) is 10.6. The molecule has 1 fully saturated rings. The summed E-state index contributed by atoms with van der Waals surface area (Å²) >= 11 is 0. The number of terminal acetylenes is 1. The van der Waals surface area contributed by atoms with Gasteiger partial charge in [0, 0.05) is 20.3 Å². The Hall–Kier alpha value is -0.520. The van der Waals surface area contributed by atoms with Crippen molar-refractivity contribution < 1.29 is 9.84 Å². The lowest BCUT2D eigenvalue weighted by Gasteiger charge is -1.97. The third kappa shape index (κ3) is 7.38. The van der Waals surface area contributed by atoms with Crippen molar-refractivity contribution in [3.63, 3.8) is 0 Å². The molecule has 1 saturated heterocycles. The van der Waals surface area contributed by atoms with E-state index < -0.39 is 0 Å². The first-order chi connectivity index (χ1) is 5.43. The number of hydrogen-bond donors (Lipinski definition) is 1. The average molecular weight is 158 g/mol. The minimum Gasteiger partial charge on any atom is -0.400 e. The van der Waals surface area contributed by atoms with Crippen LogP contribution in [-0.4, -0.2) is 25.4 Å². The average Bonchev–Trinajstić information content (AvgIpc) is 2.63. The van der Waals surface area contributed by atoms with Crippen molar-refractivity contribution >= 4 is 0 Å². The molecule has 2 heteroatoms. The lowest BCUT2D eigenvalue weighted by molar-refractivity contribution is 0.185. The van der Waals surface area contributed by atoms with Crippen LogP contribution in [0.3, 0.4) is 0 Å². The van der Waals surface area contributed by atoms with Gasteiger partial charge < -0.3 is 9.84 Å². The molecule has 1 aliphatic rings. The Bertz CT molecular complexity index is 72.9. The summed E-state index contributed by atoms with van der Waals surface area (Å²) in [5.41, 5.74) is 0. The summed E-state index contributed by atoms with van der Waals surface area (Å²) in [7, 11) is 1.00. The van der Waals surface area contributed by atoms with E-state index in [-0.39, 0.29) is 0 Å². The van der Waals surface area contributed by atoms with Crippen molar-refractivity contribution in [1.29, 1.82) is 0 Å². The summed E-state index contributed by atoms with van der Waals surface area (Å²) in [5, 5.41) is 7.00. The van der Waals surface area contributed by atoms with Crippen LogP contribution in [0.15, 0.2) is 0 Å². The highest BCUT2D eigenvalue weighted by atomic mass is 16.5. The Kier molecular flexibility index (Phi) is 14.5. The van der Waals surface area contributed by atoms with Crippen LogP contribution in [0.4, 0.5) is 0 Å². The summed E-state index contributed by atoms with van der Waals surface area (Å²) in [6.45, 7) is 4.23. The molecule has 0 saturated carbocycles. The molecule has 1 heterocycles. The number of aliphatic hydroxyl groups is 1. The van der Waals surface area contributed by atoms with E-state index in [1.807, 2.05) is 0 Å². The molecule has 1 N–H and O–H groups in total.